The van der Waals surface area contributed by atoms with Crippen LogP contribution < -0.4 is 20.1 Å². The van der Waals surface area contributed by atoms with Gasteiger partial charge in [0.1, 0.15) is 6.61 Å². The second-order valence-electron chi connectivity index (χ2n) is 5.45. The highest BCUT2D eigenvalue weighted by atomic mass is 32.2. The molecule has 0 spiro atoms. The predicted molar refractivity (Wildman–Crippen MR) is 79.9 cm³/mol. The van der Waals surface area contributed by atoms with Crippen LogP contribution in [0.1, 0.15) is 6.42 Å². The molecule has 0 unspecified atom stereocenters. The summed E-state index contributed by atoms with van der Waals surface area (Å²) < 4.78 is 33.9. The van der Waals surface area contributed by atoms with Crippen molar-refractivity contribution in [3.63, 3.8) is 0 Å². The number of para-hydroxylation sites is 2. The van der Waals surface area contributed by atoms with E-state index in [0.717, 1.165) is 0 Å². The normalized spacial score (nSPS) is 25.5. The Bertz CT molecular complexity index is 661. The molecule has 2 aliphatic rings. The van der Waals surface area contributed by atoms with Crippen LogP contribution in [0.3, 0.4) is 0 Å². The van der Waals surface area contributed by atoms with E-state index in [0.29, 0.717) is 31.1 Å². The number of ether oxygens (including phenoxy) is 2. The van der Waals surface area contributed by atoms with Crippen LogP contribution in [0.4, 0.5) is 4.79 Å². The van der Waals surface area contributed by atoms with Gasteiger partial charge in [-0.05, 0) is 18.6 Å². The van der Waals surface area contributed by atoms with Crippen molar-refractivity contribution in [1.82, 2.24) is 10.6 Å². The first-order valence-corrected chi connectivity index (χ1v) is 8.97. The smallest absolute Gasteiger partial charge is 0.315 e. The third-order valence-corrected chi connectivity index (χ3v) is 5.39. The van der Waals surface area contributed by atoms with E-state index < -0.39 is 9.84 Å². The molecule has 1 saturated heterocycles. The SMILES string of the molecule is O=C(NC[C@@H]1COc2ccccc2O1)N[C@@H]1CCS(=O)(=O)C1. The summed E-state index contributed by atoms with van der Waals surface area (Å²) in [6.45, 7) is 0.648. The first-order valence-electron chi connectivity index (χ1n) is 7.15. The summed E-state index contributed by atoms with van der Waals surface area (Å²) in [5, 5.41) is 5.36. The van der Waals surface area contributed by atoms with Crippen molar-refractivity contribution in [3.8, 4) is 11.5 Å². The van der Waals surface area contributed by atoms with Gasteiger partial charge < -0.3 is 20.1 Å². The molecule has 0 bridgehead atoms. The minimum Gasteiger partial charge on any atom is -0.486 e. The molecular weight excluding hydrogens is 308 g/mol. The molecule has 3 rings (SSSR count). The molecule has 0 aromatic heterocycles. The number of carbonyl (C=O) groups excluding carboxylic acids is 1. The van der Waals surface area contributed by atoms with Crippen LogP contribution in [0.15, 0.2) is 24.3 Å². The number of carbonyl (C=O) groups is 1. The third-order valence-electron chi connectivity index (χ3n) is 3.63. The van der Waals surface area contributed by atoms with Crippen LogP contribution in [0.5, 0.6) is 11.5 Å². The molecule has 8 heteroatoms. The van der Waals surface area contributed by atoms with Crippen LogP contribution in [0.2, 0.25) is 0 Å². The lowest BCUT2D eigenvalue weighted by Gasteiger charge is -2.26. The third kappa shape index (κ3) is 3.62. The fourth-order valence-electron chi connectivity index (χ4n) is 2.52. The van der Waals surface area contributed by atoms with E-state index in [-0.39, 0.29) is 29.7 Å². The summed E-state index contributed by atoms with van der Waals surface area (Å²) in [5.74, 6) is 1.49. The van der Waals surface area contributed by atoms with Gasteiger partial charge in [-0.15, -0.1) is 0 Å². The molecule has 2 aliphatic heterocycles. The van der Waals surface area contributed by atoms with E-state index in [1.165, 1.54) is 0 Å². The van der Waals surface area contributed by atoms with Crippen molar-refractivity contribution in [3.05, 3.63) is 24.3 Å². The highest BCUT2D eigenvalue weighted by molar-refractivity contribution is 7.91. The maximum atomic E-state index is 11.8. The van der Waals surface area contributed by atoms with Gasteiger partial charge in [-0.3, -0.25) is 0 Å². The summed E-state index contributed by atoms with van der Waals surface area (Å²) in [5.41, 5.74) is 0. The molecular formula is C14H18N2O5S. The second kappa shape index (κ2) is 6.04. The average Bonchev–Trinajstić information content (AvgIpc) is 2.84. The Kier molecular flexibility index (Phi) is 4.10. The number of fused-ring (bicyclic) bond motifs is 1. The van der Waals surface area contributed by atoms with Gasteiger partial charge in [-0.25, -0.2) is 13.2 Å². The number of amides is 2. The Morgan fingerprint density at radius 3 is 2.77 bits per heavy atom. The van der Waals surface area contributed by atoms with Crippen LogP contribution in [-0.2, 0) is 9.84 Å². The van der Waals surface area contributed by atoms with Crippen molar-refractivity contribution < 1.29 is 22.7 Å². The molecule has 2 amide bonds. The van der Waals surface area contributed by atoms with Crippen LogP contribution in [0.25, 0.3) is 0 Å². The lowest BCUT2D eigenvalue weighted by atomic mass is 10.2. The van der Waals surface area contributed by atoms with Crippen molar-refractivity contribution in [2.75, 3.05) is 24.7 Å². The fraction of sp³-hybridized carbons (Fsp3) is 0.500. The van der Waals surface area contributed by atoms with Gasteiger partial charge in [0.2, 0.25) is 0 Å². The summed E-state index contributed by atoms with van der Waals surface area (Å²) in [6, 6.07) is 6.66. The van der Waals surface area contributed by atoms with E-state index in [9.17, 15) is 13.2 Å². The number of hydrogen-bond donors (Lipinski definition) is 2. The summed E-state index contributed by atoms with van der Waals surface area (Å²) in [6.07, 6.45) is 0.194. The van der Waals surface area contributed by atoms with E-state index in [1.807, 2.05) is 24.3 Å². The lowest BCUT2D eigenvalue weighted by molar-refractivity contribution is 0.0917. The van der Waals surface area contributed by atoms with E-state index in [4.69, 9.17) is 9.47 Å². The van der Waals surface area contributed by atoms with Crippen molar-refractivity contribution in [2.45, 2.75) is 18.6 Å². The van der Waals surface area contributed by atoms with E-state index >= 15 is 0 Å². The zero-order valence-electron chi connectivity index (χ0n) is 11.9. The summed E-state index contributed by atoms with van der Waals surface area (Å²) in [7, 11) is -3.00. The molecule has 2 atom stereocenters. The number of sulfone groups is 1. The van der Waals surface area contributed by atoms with Crippen LogP contribution in [0, 0.1) is 0 Å². The minimum atomic E-state index is -3.00. The number of hydrogen-bond acceptors (Lipinski definition) is 5. The van der Waals surface area contributed by atoms with Crippen molar-refractivity contribution in [1.29, 1.82) is 0 Å². The van der Waals surface area contributed by atoms with Gasteiger partial charge >= 0.3 is 6.03 Å². The highest BCUT2D eigenvalue weighted by Crippen LogP contribution is 2.30. The lowest BCUT2D eigenvalue weighted by Crippen LogP contribution is -2.47. The molecule has 22 heavy (non-hydrogen) atoms. The molecule has 2 N–H and O–H groups in total. The van der Waals surface area contributed by atoms with Gasteiger partial charge in [0.25, 0.3) is 0 Å². The zero-order valence-corrected chi connectivity index (χ0v) is 12.8. The minimum absolute atomic E-state index is 0.0107. The van der Waals surface area contributed by atoms with Crippen molar-refractivity contribution in [2.24, 2.45) is 0 Å². The van der Waals surface area contributed by atoms with E-state index in [1.54, 1.807) is 0 Å². The first-order chi connectivity index (χ1) is 10.5. The largest absolute Gasteiger partial charge is 0.486 e. The molecule has 120 valence electrons. The Morgan fingerprint density at radius 2 is 2.05 bits per heavy atom. The Balaban J connectivity index is 1.44. The molecule has 0 radical (unpaired) electrons. The Hall–Kier alpha value is -1.96. The van der Waals surface area contributed by atoms with Gasteiger partial charge in [-0.1, -0.05) is 12.1 Å². The number of nitrogens with one attached hydrogen (secondary N) is 2. The maximum absolute atomic E-state index is 11.8. The first kappa shape index (κ1) is 15.0. The van der Waals surface area contributed by atoms with Gasteiger partial charge in [0.15, 0.2) is 27.4 Å². The second-order valence-corrected chi connectivity index (χ2v) is 7.68. The molecule has 0 aliphatic carbocycles. The zero-order chi connectivity index (χ0) is 15.6. The summed E-state index contributed by atoms with van der Waals surface area (Å²) in [4.78, 5) is 11.8. The van der Waals surface area contributed by atoms with Gasteiger partial charge in [0, 0.05) is 6.04 Å². The molecule has 1 aromatic rings. The Labute approximate surface area is 128 Å². The average molecular weight is 326 g/mol. The number of rotatable bonds is 3. The molecule has 2 heterocycles. The molecule has 1 fully saturated rings. The van der Waals surface area contributed by atoms with Crippen molar-refractivity contribution >= 4 is 15.9 Å². The Morgan fingerprint density at radius 1 is 1.27 bits per heavy atom. The van der Waals surface area contributed by atoms with Crippen LogP contribution in [-0.4, -0.2) is 51.3 Å². The van der Waals surface area contributed by atoms with E-state index in [2.05, 4.69) is 10.6 Å². The number of benzene rings is 1. The molecule has 0 saturated carbocycles. The predicted octanol–water partition coefficient (Wildman–Crippen LogP) is 0.313. The molecule has 7 nitrogen and oxygen atoms in total. The maximum Gasteiger partial charge on any atom is 0.315 e. The van der Waals surface area contributed by atoms with Gasteiger partial charge in [-0.2, -0.15) is 0 Å². The number of urea groups is 1. The molecule has 1 aromatic carbocycles. The van der Waals surface area contributed by atoms with Crippen LogP contribution >= 0.6 is 0 Å². The highest BCUT2D eigenvalue weighted by Gasteiger charge is 2.29. The standard InChI is InChI=1S/C14H18N2O5S/c17-14(16-10-5-6-22(18,19)9-10)15-7-11-8-20-12-3-1-2-4-13(12)21-11/h1-4,10-11H,5-9H2,(H2,15,16,17)/t10-,11-/m1/s1. The summed E-state index contributed by atoms with van der Waals surface area (Å²) >= 11 is 0. The monoisotopic (exact) mass is 326 g/mol. The quantitative estimate of drug-likeness (QED) is 0.834. The topological polar surface area (TPSA) is 93.7 Å². The fourth-order valence-corrected chi connectivity index (χ4v) is 4.19. The van der Waals surface area contributed by atoms with Gasteiger partial charge in [0.05, 0.1) is 18.1 Å².